The molecule has 0 aliphatic carbocycles. The average Bonchev–Trinajstić information content (AvgIpc) is 3.05. The van der Waals surface area contributed by atoms with E-state index in [0.717, 1.165) is 16.7 Å². The molecule has 3 rings (SSSR count). The lowest BCUT2D eigenvalue weighted by molar-refractivity contribution is -0.125. The first kappa shape index (κ1) is 22.6. The number of amides is 1. The van der Waals surface area contributed by atoms with Crippen molar-refractivity contribution < 1.29 is 15.0 Å². The summed E-state index contributed by atoms with van der Waals surface area (Å²) in [5.41, 5.74) is 2.57. The highest BCUT2D eigenvalue weighted by atomic mass is 16.3. The van der Waals surface area contributed by atoms with Gasteiger partial charge in [0.25, 0.3) is 5.91 Å². The van der Waals surface area contributed by atoms with Crippen LogP contribution in [0.4, 0.5) is 0 Å². The number of aromatic hydroxyl groups is 2. The summed E-state index contributed by atoms with van der Waals surface area (Å²) in [6, 6.07) is 13.7. The fourth-order valence-electron chi connectivity index (χ4n) is 4.29. The van der Waals surface area contributed by atoms with Crippen LogP contribution in [0.3, 0.4) is 0 Å². The van der Waals surface area contributed by atoms with E-state index in [1.54, 1.807) is 53.5 Å². The van der Waals surface area contributed by atoms with Gasteiger partial charge in [-0.3, -0.25) is 9.69 Å². The first-order chi connectivity index (χ1) is 15.4. The number of phenols is 2. The molecule has 1 fully saturated rings. The Morgan fingerprint density at radius 2 is 1.41 bits per heavy atom. The van der Waals surface area contributed by atoms with Gasteiger partial charge < -0.3 is 10.2 Å². The lowest BCUT2D eigenvalue weighted by Crippen LogP contribution is -2.44. The molecule has 4 heteroatoms. The first-order valence-electron chi connectivity index (χ1n) is 10.3. The van der Waals surface area contributed by atoms with Crippen molar-refractivity contribution in [3.63, 3.8) is 0 Å². The second-order valence-corrected chi connectivity index (χ2v) is 7.27. The lowest BCUT2D eigenvalue weighted by Gasteiger charge is -2.41. The molecule has 2 aromatic rings. The molecule has 0 atom stereocenters. The number of carbonyl (C=O) groups excluding carboxylic acids is 1. The average molecular weight is 426 g/mol. The minimum atomic E-state index is -1.03. The van der Waals surface area contributed by atoms with E-state index in [2.05, 4.69) is 13.2 Å². The summed E-state index contributed by atoms with van der Waals surface area (Å²) < 4.78 is 0. The second-order valence-electron chi connectivity index (χ2n) is 7.27. The molecule has 2 aromatic carbocycles. The molecule has 162 valence electrons. The highest BCUT2D eigenvalue weighted by molar-refractivity contribution is 6.05. The van der Waals surface area contributed by atoms with E-state index < -0.39 is 5.54 Å². The van der Waals surface area contributed by atoms with Crippen LogP contribution in [0.5, 0.6) is 11.5 Å². The maximum Gasteiger partial charge on any atom is 0.259 e. The van der Waals surface area contributed by atoms with Crippen molar-refractivity contribution in [3.8, 4) is 11.5 Å². The van der Waals surface area contributed by atoms with Gasteiger partial charge in [0.05, 0.1) is 0 Å². The molecule has 1 saturated heterocycles. The number of rotatable bonds is 6. The van der Waals surface area contributed by atoms with E-state index in [4.69, 9.17) is 0 Å². The van der Waals surface area contributed by atoms with Crippen molar-refractivity contribution in [3.05, 3.63) is 132 Å². The molecule has 0 saturated carbocycles. The van der Waals surface area contributed by atoms with E-state index in [-0.39, 0.29) is 17.4 Å². The number of benzene rings is 2. The largest absolute Gasteiger partial charge is 0.508 e. The van der Waals surface area contributed by atoms with Crippen molar-refractivity contribution in [1.29, 1.82) is 0 Å². The molecule has 0 bridgehead atoms. The quantitative estimate of drug-likeness (QED) is 0.448. The van der Waals surface area contributed by atoms with Crippen LogP contribution >= 0.6 is 0 Å². The van der Waals surface area contributed by atoms with E-state index in [0.29, 0.717) is 11.3 Å². The number of hydrogen-bond acceptors (Lipinski definition) is 3. The minimum Gasteiger partial charge on any atom is -0.508 e. The minimum absolute atomic E-state index is 0.132. The summed E-state index contributed by atoms with van der Waals surface area (Å²) in [6.45, 7) is 11.3. The third kappa shape index (κ3) is 3.60. The highest BCUT2D eigenvalue weighted by Gasteiger charge is 2.54. The molecule has 32 heavy (non-hydrogen) atoms. The van der Waals surface area contributed by atoms with Gasteiger partial charge >= 0.3 is 0 Å². The molecule has 1 heterocycles. The fourth-order valence-corrected chi connectivity index (χ4v) is 4.29. The van der Waals surface area contributed by atoms with Crippen LogP contribution < -0.4 is 0 Å². The van der Waals surface area contributed by atoms with Gasteiger partial charge in [-0.15, -0.1) is 0 Å². The van der Waals surface area contributed by atoms with Gasteiger partial charge in [0.2, 0.25) is 0 Å². The molecular formula is C28H27NO3. The molecule has 0 spiro atoms. The molecule has 0 radical (unpaired) electrons. The number of hydrogen-bond donors (Lipinski definition) is 2. The Bertz CT molecular complexity index is 1100. The van der Waals surface area contributed by atoms with E-state index in [1.807, 2.05) is 56.3 Å². The molecule has 4 nitrogen and oxygen atoms in total. The first-order valence-corrected chi connectivity index (χ1v) is 10.3. The maximum absolute atomic E-state index is 13.9. The topological polar surface area (TPSA) is 60.8 Å². The standard InChI is InChI=1S/C28H27NO3/c1-5-9-11-22(10-6-2)29-27(32)25(7-3)26(8-4)28(29,20-12-16-23(30)17-13-20)21-14-18-24(31)19-15-21/h5-19,30-31H,1-2H2,3-4H3/b11-9-,22-10+,25-7+,26-8+. The molecule has 2 N–H and O–H groups in total. The predicted octanol–water partition coefficient (Wildman–Crippen LogP) is 5.89. The predicted molar refractivity (Wildman–Crippen MR) is 129 cm³/mol. The summed E-state index contributed by atoms with van der Waals surface area (Å²) >= 11 is 0. The van der Waals surface area contributed by atoms with Gasteiger partial charge in [-0.2, -0.15) is 0 Å². The Kier molecular flexibility index (Phi) is 6.64. The summed E-state index contributed by atoms with van der Waals surface area (Å²) in [5, 5.41) is 19.9. The molecule has 0 unspecified atom stereocenters. The third-order valence-corrected chi connectivity index (χ3v) is 5.55. The third-order valence-electron chi connectivity index (χ3n) is 5.55. The Morgan fingerprint density at radius 3 is 1.81 bits per heavy atom. The van der Waals surface area contributed by atoms with Crippen LogP contribution in [0.25, 0.3) is 0 Å². The maximum atomic E-state index is 13.9. The number of nitrogens with zero attached hydrogens (tertiary/aromatic N) is 1. The van der Waals surface area contributed by atoms with Crippen LogP contribution in [0.15, 0.2) is 121 Å². The normalized spacial score (nSPS) is 18.6. The van der Waals surface area contributed by atoms with Crippen molar-refractivity contribution in [2.75, 3.05) is 0 Å². The van der Waals surface area contributed by atoms with E-state index >= 15 is 0 Å². The fraction of sp³-hybridized carbons (Fsp3) is 0.107. The van der Waals surface area contributed by atoms with Crippen LogP contribution in [-0.4, -0.2) is 21.0 Å². The monoisotopic (exact) mass is 425 g/mol. The Balaban J connectivity index is 2.51. The SMILES string of the molecule is C=C/C=C\C(=C/C=C)N1C(=O)C(=C/C)/C(=C\C)C1(c1ccc(O)cc1)c1ccc(O)cc1. The zero-order valence-corrected chi connectivity index (χ0v) is 18.3. The Morgan fingerprint density at radius 1 is 0.875 bits per heavy atom. The molecule has 1 amide bonds. The van der Waals surface area contributed by atoms with Gasteiger partial charge in [-0.25, -0.2) is 0 Å². The zero-order valence-electron chi connectivity index (χ0n) is 18.3. The van der Waals surface area contributed by atoms with E-state index in [1.165, 1.54) is 0 Å². The zero-order chi connectivity index (χ0) is 23.3. The molecule has 0 aromatic heterocycles. The van der Waals surface area contributed by atoms with Crippen molar-refractivity contribution in [1.82, 2.24) is 4.90 Å². The van der Waals surface area contributed by atoms with Crippen LogP contribution in [0.2, 0.25) is 0 Å². The second kappa shape index (κ2) is 9.40. The Hall–Kier alpha value is -4.05. The summed E-state index contributed by atoms with van der Waals surface area (Å²) in [5.74, 6) is 0.0999. The van der Waals surface area contributed by atoms with Gasteiger partial charge in [-0.05, 0) is 67.0 Å². The molecule has 1 aliphatic rings. The summed E-state index contributed by atoms with van der Waals surface area (Å²) in [4.78, 5) is 15.6. The lowest BCUT2D eigenvalue weighted by atomic mass is 9.75. The molecule has 1 aliphatic heterocycles. The summed E-state index contributed by atoms with van der Waals surface area (Å²) in [7, 11) is 0. The van der Waals surface area contributed by atoms with Crippen molar-refractivity contribution in [2.45, 2.75) is 19.4 Å². The molecular weight excluding hydrogens is 398 g/mol. The Labute approximate surface area is 189 Å². The van der Waals surface area contributed by atoms with Gasteiger partial charge in [-0.1, -0.05) is 67.8 Å². The van der Waals surface area contributed by atoms with Crippen molar-refractivity contribution >= 4 is 5.91 Å². The number of allylic oxidation sites excluding steroid dienone is 7. The van der Waals surface area contributed by atoms with Gasteiger partial charge in [0.1, 0.15) is 17.0 Å². The summed E-state index contributed by atoms with van der Waals surface area (Å²) in [6.07, 6.45) is 12.4. The van der Waals surface area contributed by atoms with Crippen LogP contribution in [-0.2, 0) is 10.3 Å². The highest BCUT2D eigenvalue weighted by Crippen LogP contribution is 2.53. The smallest absolute Gasteiger partial charge is 0.259 e. The number of phenolic OH excluding ortho intramolecular Hbond substituents is 2. The van der Waals surface area contributed by atoms with Gasteiger partial charge in [0.15, 0.2) is 0 Å². The van der Waals surface area contributed by atoms with Crippen LogP contribution in [0, 0.1) is 0 Å². The van der Waals surface area contributed by atoms with Gasteiger partial charge in [0, 0.05) is 11.3 Å². The van der Waals surface area contributed by atoms with E-state index in [9.17, 15) is 15.0 Å². The van der Waals surface area contributed by atoms with Crippen LogP contribution in [0.1, 0.15) is 25.0 Å². The number of carbonyl (C=O) groups is 1. The number of likely N-dealkylation sites (tertiary alicyclic amines) is 1. The van der Waals surface area contributed by atoms with Crippen molar-refractivity contribution in [2.24, 2.45) is 0 Å².